The SMILES string of the molecule is Cn1cc(N2CCC(Nc3ccc4ccccc4n3)C2=O)cn1. The maximum absolute atomic E-state index is 12.6. The number of nitrogens with zero attached hydrogens (tertiary/aromatic N) is 4. The van der Waals surface area contributed by atoms with E-state index in [1.165, 1.54) is 0 Å². The fourth-order valence-corrected chi connectivity index (χ4v) is 2.94. The number of amides is 1. The predicted octanol–water partition coefficient (Wildman–Crippen LogP) is 2.19. The monoisotopic (exact) mass is 307 g/mol. The normalized spacial score (nSPS) is 17.9. The molecule has 1 aromatic carbocycles. The number of hydrogen-bond donors (Lipinski definition) is 1. The second-order valence-corrected chi connectivity index (χ2v) is 5.74. The zero-order valence-electron chi connectivity index (χ0n) is 12.8. The van der Waals surface area contributed by atoms with Gasteiger partial charge in [-0.1, -0.05) is 18.2 Å². The van der Waals surface area contributed by atoms with Crippen LogP contribution in [0.5, 0.6) is 0 Å². The summed E-state index contributed by atoms with van der Waals surface area (Å²) in [6.07, 6.45) is 4.32. The van der Waals surface area contributed by atoms with Crippen LogP contribution in [0.25, 0.3) is 10.9 Å². The molecule has 1 N–H and O–H groups in total. The summed E-state index contributed by atoms with van der Waals surface area (Å²) < 4.78 is 1.70. The van der Waals surface area contributed by atoms with E-state index in [0.29, 0.717) is 6.54 Å². The van der Waals surface area contributed by atoms with E-state index in [4.69, 9.17) is 0 Å². The Labute approximate surface area is 133 Å². The van der Waals surface area contributed by atoms with E-state index in [1.54, 1.807) is 15.8 Å². The van der Waals surface area contributed by atoms with Crippen LogP contribution in [-0.4, -0.2) is 33.3 Å². The van der Waals surface area contributed by atoms with Crippen LogP contribution in [-0.2, 0) is 11.8 Å². The second-order valence-electron chi connectivity index (χ2n) is 5.74. The third-order valence-corrected chi connectivity index (χ3v) is 4.13. The highest BCUT2D eigenvalue weighted by Gasteiger charge is 2.33. The number of benzene rings is 1. The van der Waals surface area contributed by atoms with Crippen LogP contribution in [0, 0.1) is 0 Å². The molecular weight excluding hydrogens is 290 g/mol. The Morgan fingerprint density at radius 3 is 2.91 bits per heavy atom. The van der Waals surface area contributed by atoms with E-state index in [0.717, 1.165) is 28.8 Å². The van der Waals surface area contributed by atoms with Crippen molar-refractivity contribution < 1.29 is 4.79 Å². The van der Waals surface area contributed by atoms with Gasteiger partial charge in [0.15, 0.2) is 0 Å². The van der Waals surface area contributed by atoms with Crippen LogP contribution in [0.15, 0.2) is 48.8 Å². The zero-order chi connectivity index (χ0) is 15.8. The summed E-state index contributed by atoms with van der Waals surface area (Å²) in [6.45, 7) is 0.690. The van der Waals surface area contributed by atoms with Crippen LogP contribution >= 0.6 is 0 Å². The van der Waals surface area contributed by atoms with Gasteiger partial charge in [0.2, 0.25) is 5.91 Å². The third kappa shape index (κ3) is 2.52. The maximum Gasteiger partial charge on any atom is 0.249 e. The Hall–Kier alpha value is -2.89. The van der Waals surface area contributed by atoms with E-state index in [2.05, 4.69) is 15.4 Å². The number of fused-ring (bicyclic) bond motifs is 1. The standard InChI is InChI=1S/C17H17N5O/c1-21-11-13(10-18-21)22-9-8-15(17(22)23)20-16-7-6-12-4-2-3-5-14(12)19-16/h2-7,10-11,15H,8-9H2,1H3,(H,19,20). The lowest BCUT2D eigenvalue weighted by Gasteiger charge is -2.15. The van der Waals surface area contributed by atoms with Crippen molar-refractivity contribution in [3.8, 4) is 0 Å². The predicted molar refractivity (Wildman–Crippen MR) is 89.3 cm³/mol. The van der Waals surface area contributed by atoms with Gasteiger partial charge in [0, 0.05) is 25.2 Å². The first-order chi connectivity index (χ1) is 11.2. The molecule has 0 saturated carbocycles. The second kappa shape index (κ2) is 5.39. The number of pyridine rings is 1. The number of nitrogens with one attached hydrogen (secondary N) is 1. The number of para-hydroxylation sites is 1. The van der Waals surface area contributed by atoms with Gasteiger partial charge < -0.3 is 10.2 Å². The largest absolute Gasteiger partial charge is 0.358 e. The summed E-state index contributed by atoms with van der Waals surface area (Å²) in [7, 11) is 1.85. The molecule has 0 bridgehead atoms. The number of rotatable bonds is 3. The first-order valence-electron chi connectivity index (χ1n) is 7.63. The van der Waals surface area contributed by atoms with Gasteiger partial charge in [-0.2, -0.15) is 5.10 Å². The van der Waals surface area contributed by atoms with Gasteiger partial charge in [-0.05, 0) is 24.6 Å². The smallest absolute Gasteiger partial charge is 0.249 e. The minimum atomic E-state index is -0.246. The number of carbonyl (C=O) groups excluding carboxylic acids is 1. The lowest BCUT2D eigenvalue weighted by molar-refractivity contribution is -0.117. The van der Waals surface area contributed by atoms with Crippen molar-refractivity contribution in [2.75, 3.05) is 16.8 Å². The molecule has 1 aliphatic rings. The molecule has 6 nitrogen and oxygen atoms in total. The molecule has 116 valence electrons. The molecule has 2 aromatic heterocycles. The van der Waals surface area contributed by atoms with E-state index >= 15 is 0 Å². The topological polar surface area (TPSA) is 63.1 Å². The average molecular weight is 307 g/mol. The number of aromatic nitrogens is 3. The summed E-state index contributed by atoms with van der Waals surface area (Å²) in [4.78, 5) is 18.9. The van der Waals surface area contributed by atoms with Crippen LogP contribution in [0.1, 0.15) is 6.42 Å². The molecule has 1 unspecified atom stereocenters. The van der Waals surface area contributed by atoms with E-state index in [-0.39, 0.29) is 11.9 Å². The van der Waals surface area contributed by atoms with E-state index in [1.807, 2.05) is 49.6 Å². The van der Waals surface area contributed by atoms with Gasteiger partial charge in [0.05, 0.1) is 17.4 Å². The van der Waals surface area contributed by atoms with Crippen LogP contribution in [0.2, 0.25) is 0 Å². The summed E-state index contributed by atoms with van der Waals surface area (Å²) in [5, 5.41) is 8.48. The Bertz CT molecular complexity index is 872. The van der Waals surface area contributed by atoms with Crippen molar-refractivity contribution in [3.63, 3.8) is 0 Å². The Kier molecular flexibility index (Phi) is 3.22. The first-order valence-corrected chi connectivity index (χ1v) is 7.63. The Morgan fingerprint density at radius 1 is 1.22 bits per heavy atom. The van der Waals surface area contributed by atoms with Crippen molar-refractivity contribution in [1.82, 2.24) is 14.8 Å². The van der Waals surface area contributed by atoms with Gasteiger partial charge in [-0.15, -0.1) is 0 Å². The molecule has 0 aliphatic carbocycles. The Morgan fingerprint density at radius 2 is 2.09 bits per heavy atom. The number of carbonyl (C=O) groups is 1. The number of hydrogen-bond acceptors (Lipinski definition) is 4. The molecule has 23 heavy (non-hydrogen) atoms. The summed E-state index contributed by atoms with van der Waals surface area (Å²) >= 11 is 0. The maximum atomic E-state index is 12.6. The molecular formula is C17H17N5O. The fraction of sp³-hybridized carbons (Fsp3) is 0.235. The number of anilines is 2. The lowest BCUT2D eigenvalue weighted by Crippen LogP contribution is -2.33. The van der Waals surface area contributed by atoms with Gasteiger partial charge >= 0.3 is 0 Å². The highest BCUT2D eigenvalue weighted by molar-refractivity contribution is 6.00. The fourth-order valence-electron chi connectivity index (χ4n) is 2.94. The minimum absolute atomic E-state index is 0.0629. The summed E-state index contributed by atoms with van der Waals surface area (Å²) in [5.41, 5.74) is 1.76. The van der Waals surface area contributed by atoms with Crippen molar-refractivity contribution in [3.05, 3.63) is 48.8 Å². The van der Waals surface area contributed by atoms with Gasteiger partial charge in [-0.25, -0.2) is 4.98 Å². The van der Waals surface area contributed by atoms with Gasteiger partial charge in [-0.3, -0.25) is 9.48 Å². The minimum Gasteiger partial charge on any atom is -0.358 e. The molecule has 4 rings (SSSR count). The molecule has 1 saturated heterocycles. The van der Waals surface area contributed by atoms with E-state index in [9.17, 15) is 4.79 Å². The highest BCUT2D eigenvalue weighted by atomic mass is 16.2. The molecule has 3 aromatic rings. The summed E-state index contributed by atoms with van der Waals surface area (Å²) in [5.74, 6) is 0.794. The lowest BCUT2D eigenvalue weighted by atomic mass is 10.2. The zero-order valence-corrected chi connectivity index (χ0v) is 12.8. The molecule has 1 fully saturated rings. The summed E-state index contributed by atoms with van der Waals surface area (Å²) in [6, 6.07) is 11.6. The van der Waals surface area contributed by atoms with E-state index < -0.39 is 0 Å². The van der Waals surface area contributed by atoms with Crippen LogP contribution in [0.3, 0.4) is 0 Å². The average Bonchev–Trinajstić information content (AvgIpc) is 3.14. The molecule has 3 heterocycles. The van der Waals surface area contributed by atoms with Gasteiger partial charge in [0.1, 0.15) is 11.9 Å². The van der Waals surface area contributed by atoms with Crippen LogP contribution in [0.4, 0.5) is 11.5 Å². The van der Waals surface area contributed by atoms with Crippen molar-refractivity contribution in [2.45, 2.75) is 12.5 Å². The third-order valence-electron chi connectivity index (χ3n) is 4.13. The molecule has 1 aliphatic heterocycles. The first kappa shape index (κ1) is 13.8. The highest BCUT2D eigenvalue weighted by Crippen LogP contribution is 2.23. The quantitative estimate of drug-likeness (QED) is 0.805. The van der Waals surface area contributed by atoms with Crippen LogP contribution < -0.4 is 10.2 Å². The van der Waals surface area contributed by atoms with Gasteiger partial charge in [0.25, 0.3) is 0 Å². The van der Waals surface area contributed by atoms with Crippen molar-refractivity contribution in [1.29, 1.82) is 0 Å². The molecule has 0 spiro atoms. The van der Waals surface area contributed by atoms with Crippen molar-refractivity contribution in [2.24, 2.45) is 7.05 Å². The Balaban J connectivity index is 1.53. The molecule has 6 heteroatoms. The number of aryl methyl sites for hydroxylation is 1. The molecule has 1 amide bonds. The molecule has 0 radical (unpaired) electrons. The van der Waals surface area contributed by atoms with Crippen molar-refractivity contribution >= 4 is 28.3 Å². The molecule has 1 atom stereocenters.